The molecule has 1 aromatic carbocycles. The zero-order valence-corrected chi connectivity index (χ0v) is 15.5. The summed E-state index contributed by atoms with van der Waals surface area (Å²) in [5.41, 5.74) is 1.90. The molecule has 5 heteroatoms. The molecule has 134 valence electrons. The van der Waals surface area contributed by atoms with Crippen molar-refractivity contribution in [2.45, 2.75) is 47.0 Å². The average Bonchev–Trinajstić information content (AvgIpc) is 2.56. The summed E-state index contributed by atoms with van der Waals surface area (Å²) >= 11 is 0. The van der Waals surface area contributed by atoms with E-state index in [1.807, 2.05) is 24.3 Å². The quantitative estimate of drug-likeness (QED) is 0.667. The third-order valence-electron chi connectivity index (χ3n) is 4.09. The summed E-state index contributed by atoms with van der Waals surface area (Å²) in [7, 11) is 0. The molecular formula is C19H31N3O2. The van der Waals surface area contributed by atoms with Crippen LogP contribution in [0.4, 0.5) is 11.4 Å². The van der Waals surface area contributed by atoms with E-state index in [9.17, 15) is 9.59 Å². The number of carbonyl (C=O) groups is 2. The van der Waals surface area contributed by atoms with E-state index in [0.717, 1.165) is 43.7 Å². The largest absolute Gasteiger partial charge is 0.372 e. The first kappa shape index (κ1) is 20.0. The number of nitrogens with zero attached hydrogens (tertiary/aromatic N) is 2. The van der Waals surface area contributed by atoms with Gasteiger partial charge in [-0.05, 0) is 44.5 Å². The Morgan fingerprint density at radius 2 is 1.62 bits per heavy atom. The number of benzene rings is 1. The molecule has 0 saturated carbocycles. The maximum absolute atomic E-state index is 12.2. The molecule has 0 radical (unpaired) electrons. The van der Waals surface area contributed by atoms with Crippen LogP contribution in [0.5, 0.6) is 0 Å². The van der Waals surface area contributed by atoms with Crippen LogP contribution >= 0.6 is 0 Å². The lowest BCUT2D eigenvalue weighted by Gasteiger charge is -2.22. The second-order valence-corrected chi connectivity index (χ2v) is 5.92. The summed E-state index contributed by atoms with van der Waals surface area (Å²) in [4.78, 5) is 27.7. The van der Waals surface area contributed by atoms with Gasteiger partial charge in [0.2, 0.25) is 11.8 Å². The van der Waals surface area contributed by atoms with Crippen LogP contribution in [0.2, 0.25) is 0 Å². The molecule has 1 aromatic rings. The highest BCUT2D eigenvalue weighted by Crippen LogP contribution is 2.17. The summed E-state index contributed by atoms with van der Waals surface area (Å²) in [6.07, 6.45) is 3.09. The fourth-order valence-electron chi connectivity index (χ4n) is 2.62. The molecule has 0 saturated heterocycles. The summed E-state index contributed by atoms with van der Waals surface area (Å²) < 4.78 is 0. The molecule has 0 heterocycles. The molecule has 2 amide bonds. The molecule has 5 nitrogen and oxygen atoms in total. The summed E-state index contributed by atoms with van der Waals surface area (Å²) in [5.74, 6) is -0.213. The van der Waals surface area contributed by atoms with Crippen molar-refractivity contribution >= 4 is 23.2 Å². The van der Waals surface area contributed by atoms with Crippen LogP contribution < -0.4 is 10.2 Å². The number of amides is 2. The summed E-state index contributed by atoms with van der Waals surface area (Å²) in [6.45, 7) is 10.5. The van der Waals surface area contributed by atoms with Crippen molar-refractivity contribution in [2.75, 3.05) is 36.4 Å². The zero-order chi connectivity index (χ0) is 17.9. The van der Waals surface area contributed by atoms with Crippen molar-refractivity contribution in [3.8, 4) is 0 Å². The van der Waals surface area contributed by atoms with Crippen LogP contribution in [0.3, 0.4) is 0 Å². The van der Waals surface area contributed by atoms with E-state index in [-0.39, 0.29) is 18.4 Å². The number of hydrogen-bond donors (Lipinski definition) is 1. The Hall–Kier alpha value is -2.04. The van der Waals surface area contributed by atoms with Gasteiger partial charge < -0.3 is 15.1 Å². The normalized spacial score (nSPS) is 10.3. The highest BCUT2D eigenvalue weighted by molar-refractivity contribution is 5.94. The number of hydrogen-bond acceptors (Lipinski definition) is 3. The predicted octanol–water partition coefficient (Wildman–Crippen LogP) is 3.51. The van der Waals surface area contributed by atoms with E-state index < -0.39 is 0 Å². The van der Waals surface area contributed by atoms with Gasteiger partial charge in [0, 0.05) is 37.9 Å². The maximum Gasteiger partial charge on any atom is 0.243 e. The van der Waals surface area contributed by atoms with Crippen molar-refractivity contribution in [3.63, 3.8) is 0 Å². The second kappa shape index (κ2) is 10.7. The monoisotopic (exact) mass is 333 g/mol. The average molecular weight is 333 g/mol. The molecule has 0 atom stereocenters. The third kappa shape index (κ3) is 6.60. The minimum Gasteiger partial charge on any atom is -0.372 e. The van der Waals surface area contributed by atoms with E-state index >= 15 is 0 Å². The van der Waals surface area contributed by atoms with E-state index in [1.165, 1.54) is 6.92 Å². The highest BCUT2D eigenvalue weighted by atomic mass is 16.2. The molecule has 0 unspecified atom stereocenters. The Morgan fingerprint density at radius 1 is 1.00 bits per heavy atom. The van der Waals surface area contributed by atoms with E-state index in [4.69, 9.17) is 0 Å². The van der Waals surface area contributed by atoms with E-state index in [2.05, 4.69) is 31.0 Å². The maximum atomic E-state index is 12.2. The summed E-state index contributed by atoms with van der Waals surface area (Å²) in [6, 6.07) is 7.82. The first-order chi connectivity index (χ1) is 11.5. The SMILES string of the molecule is CCCCCN(CC(=O)Nc1ccc(N(CC)CC)cc1)C(C)=O. The lowest BCUT2D eigenvalue weighted by molar-refractivity contribution is -0.132. The molecule has 0 aliphatic heterocycles. The van der Waals surface area contributed by atoms with Crippen LogP contribution in [-0.4, -0.2) is 42.9 Å². The molecule has 24 heavy (non-hydrogen) atoms. The lowest BCUT2D eigenvalue weighted by atomic mass is 10.2. The van der Waals surface area contributed by atoms with Crippen LogP contribution in [0.15, 0.2) is 24.3 Å². The van der Waals surface area contributed by atoms with Crippen molar-refractivity contribution in [3.05, 3.63) is 24.3 Å². The standard InChI is InChI=1S/C19H31N3O2/c1-5-8-9-14-22(16(4)23)15-19(24)20-17-10-12-18(13-11-17)21(6-2)7-3/h10-13H,5-9,14-15H2,1-4H3,(H,20,24). The van der Waals surface area contributed by atoms with Crippen molar-refractivity contribution in [2.24, 2.45) is 0 Å². The molecule has 0 aromatic heterocycles. The van der Waals surface area contributed by atoms with Crippen molar-refractivity contribution in [1.82, 2.24) is 4.90 Å². The van der Waals surface area contributed by atoms with Crippen molar-refractivity contribution in [1.29, 1.82) is 0 Å². The van der Waals surface area contributed by atoms with Gasteiger partial charge in [0.25, 0.3) is 0 Å². The minimum absolute atomic E-state index is 0.0573. The zero-order valence-electron chi connectivity index (χ0n) is 15.5. The fourth-order valence-corrected chi connectivity index (χ4v) is 2.62. The topological polar surface area (TPSA) is 52.7 Å². The third-order valence-corrected chi connectivity index (χ3v) is 4.09. The summed E-state index contributed by atoms with van der Waals surface area (Å²) in [5, 5.41) is 2.87. The molecule has 0 fully saturated rings. The van der Waals surface area contributed by atoms with Crippen LogP contribution in [0.25, 0.3) is 0 Å². The Labute approximate surface area is 146 Å². The Balaban J connectivity index is 2.58. The van der Waals surface area contributed by atoms with Gasteiger partial charge in [-0.2, -0.15) is 0 Å². The van der Waals surface area contributed by atoms with Gasteiger partial charge in [0.15, 0.2) is 0 Å². The van der Waals surface area contributed by atoms with Crippen LogP contribution in [-0.2, 0) is 9.59 Å². The van der Waals surface area contributed by atoms with Gasteiger partial charge in [0.1, 0.15) is 0 Å². The second-order valence-electron chi connectivity index (χ2n) is 5.92. The molecule has 1 N–H and O–H groups in total. The smallest absolute Gasteiger partial charge is 0.243 e. The number of nitrogens with one attached hydrogen (secondary N) is 1. The minimum atomic E-state index is -0.155. The first-order valence-corrected chi connectivity index (χ1v) is 8.92. The van der Waals surface area contributed by atoms with Crippen LogP contribution in [0.1, 0.15) is 47.0 Å². The van der Waals surface area contributed by atoms with E-state index in [1.54, 1.807) is 4.90 Å². The van der Waals surface area contributed by atoms with Gasteiger partial charge >= 0.3 is 0 Å². The predicted molar refractivity (Wildman–Crippen MR) is 100 cm³/mol. The molecular weight excluding hydrogens is 302 g/mol. The van der Waals surface area contributed by atoms with Gasteiger partial charge in [-0.3, -0.25) is 9.59 Å². The molecule has 0 spiro atoms. The number of unbranched alkanes of at least 4 members (excludes halogenated alkanes) is 2. The van der Waals surface area contributed by atoms with Crippen LogP contribution in [0, 0.1) is 0 Å². The number of carbonyl (C=O) groups excluding carboxylic acids is 2. The van der Waals surface area contributed by atoms with Gasteiger partial charge in [-0.1, -0.05) is 19.8 Å². The van der Waals surface area contributed by atoms with Gasteiger partial charge in [-0.15, -0.1) is 0 Å². The molecule has 0 bridgehead atoms. The molecule has 1 rings (SSSR count). The van der Waals surface area contributed by atoms with Crippen molar-refractivity contribution < 1.29 is 9.59 Å². The number of rotatable bonds is 10. The fraction of sp³-hybridized carbons (Fsp3) is 0.579. The highest BCUT2D eigenvalue weighted by Gasteiger charge is 2.13. The van der Waals surface area contributed by atoms with Gasteiger partial charge in [0.05, 0.1) is 6.54 Å². The molecule has 0 aliphatic rings. The first-order valence-electron chi connectivity index (χ1n) is 8.92. The number of anilines is 2. The Morgan fingerprint density at radius 3 is 2.12 bits per heavy atom. The molecule has 0 aliphatic carbocycles. The van der Waals surface area contributed by atoms with Gasteiger partial charge in [-0.25, -0.2) is 0 Å². The van der Waals surface area contributed by atoms with E-state index in [0.29, 0.717) is 6.54 Å². The Bertz CT molecular complexity index is 510. The Kier molecular flexibility index (Phi) is 8.90. The lowest BCUT2D eigenvalue weighted by Crippen LogP contribution is -2.37.